The molecule has 0 aliphatic rings. The van der Waals surface area contributed by atoms with E-state index in [1.54, 1.807) is 11.3 Å². The van der Waals surface area contributed by atoms with E-state index in [4.69, 9.17) is 12.8 Å². The first-order valence-electron chi connectivity index (χ1n) is 7.37. The van der Waals surface area contributed by atoms with Gasteiger partial charge >= 0.3 is 0 Å². The fraction of sp³-hybridized carbons (Fsp3) is 0.556. The number of thiophene rings is 1. The monoisotopic (exact) mass is 272 g/mol. The summed E-state index contributed by atoms with van der Waals surface area (Å²) in [7, 11) is 0. The summed E-state index contributed by atoms with van der Waals surface area (Å²) in [6.07, 6.45) is 22.7. The molecule has 0 saturated heterocycles. The average Bonchev–Trinajstić information content (AvgIpc) is 2.84. The minimum absolute atomic E-state index is 0.961. The molecule has 0 spiro atoms. The number of unbranched alkanes of at least 4 members (excludes halogenated alkanes) is 7. The first kappa shape index (κ1) is 15.9. The second-order valence-electron chi connectivity index (χ2n) is 4.98. The Labute approximate surface area is 122 Å². The average molecular weight is 272 g/mol. The summed E-state index contributed by atoms with van der Waals surface area (Å²) in [5.74, 6) is 5.42. The molecule has 1 heterocycles. The summed E-state index contributed by atoms with van der Waals surface area (Å²) in [5, 5.41) is 0. The maximum atomic E-state index is 5.51. The van der Waals surface area contributed by atoms with Crippen molar-refractivity contribution < 1.29 is 0 Å². The molecule has 0 aliphatic heterocycles. The normalized spacial score (nSPS) is 10.1. The highest BCUT2D eigenvalue weighted by molar-refractivity contribution is 7.13. The van der Waals surface area contributed by atoms with Crippen molar-refractivity contribution in [1.29, 1.82) is 0 Å². The Balaban J connectivity index is 2.18. The highest BCUT2D eigenvalue weighted by atomic mass is 32.1. The second kappa shape index (κ2) is 9.71. The van der Waals surface area contributed by atoms with Crippen LogP contribution in [0.2, 0.25) is 0 Å². The van der Waals surface area contributed by atoms with Crippen molar-refractivity contribution in [2.24, 2.45) is 0 Å². The quantitative estimate of drug-likeness (QED) is 0.417. The maximum absolute atomic E-state index is 5.51. The number of hydrogen-bond donors (Lipinski definition) is 0. The van der Waals surface area contributed by atoms with Gasteiger partial charge in [-0.05, 0) is 24.5 Å². The number of terminal acetylenes is 2. The predicted molar refractivity (Wildman–Crippen MR) is 86.5 cm³/mol. The zero-order chi connectivity index (χ0) is 13.9. The zero-order valence-electron chi connectivity index (χ0n) is 12.0. The topological polar surface area (TPSA) is 0 Å². The Morgan fingerprint density at radius 2 is 1.58 bits per heavy atom. The summed E-state index contributed by atoms with van der Waals surface area (Å²) in [6.45, 7) is 2.26. The minimum atomic E-state index is 0.961. The zero-order valence-corrected chi connectivity index (χ0v) is 12.8. The second-order valence-corrected chi connectivity index (χ2v) is 6.03. The smallest absolute Gasteiger partial charge is 0.0811 e. The fourth-order valence-electron chi connectivity index (χ4n) is 2.26. The SMILES string of the molecule is C#Cc1cc(CCCCCCCCCC)c(C#C)s1. The molecule has 1 heteroatoms. The van der Waals surface area contributed by atoms with E-state index in [1.807, 2.05) is 0 Å². The molecule has 0 N–H and O–H groups in total. The molecule has 0 atom stereocenters. The van der Waals surface area contributed by atoms with Gasteiger partial charge in [-0.25, -0.2) is 0 Å². The molecule has 0 radical (unpaired) electrons. The van der Waals surface area contributed by atoms with E-state index in [1.165, 1.54) is 56.9 Å². The third kappa shape index (κ3) is 6.00. The van der Waals surface area contributed by atoms with Crippen LogP contribution in [0, 0.1) is 24.7 Å². The first-order valence-corrected chi connectivity index (χ1v) is 8.19. The summed E-state index contributed by atoms with van der Waals surface area (Å²) in [4.78, 5) is 1.98. The molecule has 0 aromatic carbocycles. The third-order valence-electron chi connectivity index (χ3n) is 3.38. The van der Waals surface area contributed by atoms with Gasteiger partial charge in [0, 0.05) is 0 Å². The molecular weight excluding hydrogens is 248 g/mol. The molecule has 0 amide bonds. The highest BCUT2D eigenvalue weighted by Crippen LogP contribution is 2.23. The summed E-state index contributed by atoms with van der Waals surface area (Å²) < 4.78 is 0. The van der Waals surface area contributed by atoms with Crippen molar-refractivity contribution in [1.82, 2.24) is 0 Å². The molecule has 0 saturated carbocycles. The van der Waals surface area contributed by atoms with Crippen LogP contribution in [0.5, 0.6) is 0 Å². The Bertz CT molecular complexity index is 439. The van der Waals surface area contributed by atoms with E-state index in [2.05, 4.69) is 24.8 Å². The Kier molecular flexibility index (Phi) is 8.11. The Morgan fingerprint density at radius 3 is 2.16 bits per heavy atom. The molecule has 0 bridgehead atoms. The van der Waals surface area contributed by atoms with Crippen LogP contribution in [0.4, 0.5) is 0 Å². The van der Waals surface area contributed by atoms with Gasteiger partial charge < -0.3 is 0 Å². The van der Waals surface area contributed by atoms with Gasteiger partial charge in [-0.15, -0.1) is 24.2 Å². The van der Waals surface area contributed by atoms with Crippen LogP contribution in [-0.2, 0) is 6.42 Å². The molecule has 0 unspecified atom stereocenters. The van der Waals surface area contributed by atoms with Crippen LogP contribution in [0.3, 0.4) is 0 Å². The largest absolute Gasteiger partial charge is 0.118 e. The number of aryl methyl sites for hydroxylation is 1. The van der Waals surface area contributed by atoms with Gasteiger partial charge in [-0.1, -0.05) is 63.7 Å². The molecule has 0 nitrogen and oxygen atoms in total. The van der Waals surface area contributed by atoms with Crippen LogP contribution in [0.15, 0.2) is 6.07 Å². The van der Waals surface area contributed by atoms with E-state index in [-0.39, 0.29) is 0 Å². The van der Waals surface area contributed by atoms with Crippen molar-refractivity contribution in [3.8, 4) is 24.7 Å². The maximum Gasteiger partial charge on any atom is 0.0811 e. The Hall–Kier alpha value is -1.18. The number of rotatable bonds is 9. The van der Waals surface area contributed by atoms with Crippen molar-refractivity contribution >= 4 is 11.3 Å². The lowest BCUT2D eigenvalue weighted by molar-refractivity contribution is 0.575. The van der Waals surface area contributed by atoms with Crippen molar-refractivity contribution in [2.45, 2.75) is 64.7 Å². The summed E-state index contributed by atoms with van der Waals surface area (Å²) >= 11 is 1.56. The van der Waals surface area contributed by atoms with Crippen LogP contribution >= 0.6 is 11.3 Å². The van der Waals surface area contributed by atoms with Crippen LogP contribution in [-0.4, -0.2) is 0 Å². The molecule has 0 aliphatic carbocycles. The lowest BCUT2D eigenvalue weighted by Crippen LogP contribution is -1.86. The summed E-state index contributed by atoms with van der Waals surface area (Å²) in [6, 6.07) is 2.08. The Morgan fingerprint density at radius 1 is 0.947 bits per heavy atom. The number of hydrogen-bond acceptors (Lipinski definition) is 1. The molecule has 0 fully saturated rings. The fourth-order valence-corrected chi connectivity index (χ4v) is 3.09. The van der Waals surface area contributed by atoms with Gasteiger partial charge in [-0.2, -0.15) is 0 Å². The third-order valence-corrected chi connectivity index (χ3v) is 4.42. The van der Waals surface area contributed by atoms with Crippen molar-refractivity contribution in [2.75, 3.05) is 0 Å². The molecule has 102 valence electrons. The van der Waals surface area contributed by atoms with E-state index in [0.717, 1.165) is 16.2 Å². The molecule has 1 aromatic heterocycles. The van der Waals surface area contributed by atoms with Crippen molar-refractivity contribution in [3.63, 3.8) is 0 Å². The summed E-state index contributed by atoms with van der Waals surface area (Å²) in [5.41, 5.74) is 1.27. The van der Waals surface area contributed by atoms with Crippen molar-refractivity contribution in [3.05, 3.63) is 21.4 Å². The van der Waals surface area contributed by atoms with Gasteiger partial charge in [0.15, 0.2) is 0 Å². The van der Waals surface area contributed by atoms with Gasteiger partial charge in [0.2, 0.25) is 0 Å². The van der Waals surface area contributed by atoms with Gasteiger partial charge in [-0.3, -0.25) is 0 Å². The molecule has 1 aromatic rings. The van der Waals surface area contributed by atoms with E-state index in [9.17, 15) is 0 Å². The van der Waals surface area contributed by atoms with Crippen LogP contribution in [0.1, 0.15) is 73.6 Å². The minimum Gasteiger partial charge on any atom is -0.118 e. The van der Waals surface area contributed by atoms with E-state index >= 15 is 0 Å². The lowest BCUT2D eigenvalue weighted by atomic mass is 10.0. The predicted octanol–water partition coefficient (Wildman–Crippen LogP) is 5.39. The molecular formula is C18H24S. The first-order chi connectivity index (χ1) is 9.31. The highest BCUT2D eigenvalue weighted by Gasteiger charge is 2.05. The van der Waals surface area contributed by atoms with Crippen LogP contribution < -0.4 is 0 Å². The van der Waals surface area contributed by atoms with Gasteiger partial charge in [0.05, 0.1) is 9.75 Å². The standard InChI is InChI=1S/C18H24S/c1-4-7-8-9-10-11-12-13-14-16-15-17(5-2)19-18(16)6-3/h2-3,15H,4,7-14H2,1H3. The lowest BCUT2D eigenvalue weighted by Gasteiger charge is -2.01. The molecule has 1 rings (SSSR count). The van der Waals surface area contributed by atoms with Gasteiger partial charge in [0.1, 0.15) is 0 Å². The van der Waals surface area contributed by atoms with E-state index < -0.39 is 0 Å². The van der Waals surface area contributed by atoms with Crippen LogP contribution in [0.25, 0.3) is 0 Å². The molecule has 19 heavy (non-hydrogen) atoms. The van der Waals surface area contributed by atoms with E-state index in [0.29, 0.717) is 0 Å². The van der Waals surface area contributed by atoms with Gasteiger partial charge in [0.25, 0.3) is 0 Å².